The van der Waals surface area contributed by atoms with Crippen molar-refractivity contribution in [3.8, 4) is 11.8 Å². The van der Waals surface area contributed by atoms with Crippen LogP contribution in [0.25, 0.3) is 11.2 Å². The molecular weight excluding hydrogens is 608 g/mol. The quantitative estimate of drug-likeness (QED) is 0.0883. The van der Waals surface area contributed by atoms with E-state index in [0.717, 1.165) is 31.4 Å². The molecule has 0 unspecified atom stereocenters. The maximum absolute atomic E-state index is 12.9. The Labute approximate surface area is 271 Å². The van der Waals surface area contributed by atoms with Crippen molar-refractivity contribution in [2.45, 2.75) is 39.2 Å². The van der Waals surface area contributed by atoms with Gasteiger partial charge in [-0.1, -0.05) is 31.5 Å². The van der Waals surface area contributed by atoms with E-state index in [9.17, 15) is 19.7 Å². The van der Waals surface area contributed by atoms with Gasteiger partial charge in [0.1, 0.15) is 23.6 Å². The number of nitrogens with one attached hydrogen (secondary N) is 1. The Bertz CT molecular complexity index is 1770. The third-order valence-electron chi connectivity index (χ3n) is 8.02. The number of rotatable bonds is 14. The summed E-state index contributed by atoms with van der Waals surface area (Å²) >= 11 is 0. The van der Waals surface area contributed by atoms with Crippen molar-refractivity contribution in [2.75, 3.05) is 63.7 Å². The number of methoxy groups -OCH3 is 1. The molecule has 15 heteroatoms. The van der Waals surface area contributed by atoms with E-state index in [1.807, 2.05) is 36.1 Å². The van der Waals surface area contributed by atoms with Gasteiger partial charge < -0.3 is 29.8 Å². The molecule has 2 aromatic carbocycles. The van der Waals surface area contributed by atoms with Crippen molar-refractivity contribution >= 4 is 34.3 Å². The number of esters is 1. The van der Waals surface area contributed by atoms with Gasteiger partial charge in [-0.15, -0.1) is 0 Å². The molecule has 0 amide bonds. The zero-order chi connectivity index (χ0) is 33.3. The van der Waals surface area contributed by atoms with Crippen molar-refractivity contribution in [1.82, 2.24) is 24.4 Å². The highest BCUT2D eigenvalue weighted by molar-refractivity contribution is 5.82. The predicted octanol–water partition coefficient (Wildman–Crippen LogP) is 3.14. The fraction of sp³-hybridized carbons (Fsp3) is 0.438. The Morgan fingerprint density at radius 1 is 1.06 bits per heavy atom. The van der Waals surface area contributed by atoms with Gasteiger partial charge in [0, 0.05) is 38.8 Å². The minimum absolute atomic E-state index is 0.0308. The fourth-order valence-electron chi connectivity index (χ4n) is 5.53. The molecule has 250 valence electrons. The summed E-state index contributed by atoms with van der Waals surface area (Å²) in [6.45, 7) is 6.45. The van der Waals surface area contributed by atoms with Crippen molar-refractivity contribution in [2.24, 2.45) is 0 Å². The van der Waals surface area contributed by atoms with E-state index >= 15 is 0 Å². The molecule has 2 aromatic heterocycles. The number of carbonyl (C=O) groups is 1. The molecule has 3 N–H and O–H groups in total. The summed E-state index contributed by atoms with van der Waals surface area (Å²) in [5.41, 5.74) is 8.06. The molecular formula is C32H40N8O7. The lowest BCUT2D eigenvalue weighted by atomic mass is 10.1. The highest BCUT2D eigenvalue weighted by atomic mass is 16.6. The SMILES string of the molecule is CCCCOc1nc(N)c2[nH]c(=O)n(Cc3ccc(N4CCCN(CCOc5cccc(CC(=O)OC)c5)CC4)c([N+](=O)[O-])c3)c2n1. The van der Waals surface area contributed by atoms with Crippen molar-refractivity contribution in [1.29, 1.82) is 0 Å². The van der Waals surface area contributed by atoms with Crippen LogP contribution in [0.2, 0.25) is 0 Å². The van der Waals surface area contributed by atoms with Crippen molar-refractivity contribution < 1.29 is 23.9 Å². The van der Waals surface area contributed by atoms with E-state index in [0.29, 0.717) is 56.4 Å². The second-order valence-corrected chi connectivity index (χ2v) is 11.3. The zero-order valence-corrected chi connectivity index (χ0v) is 26.6. The normalized spacial score (nSPS) is 13.8. The average Bonchev–Trinajstić information content (AvgIpc) is 3.20. The number of fused-ring (bicyclic) bond motifs is 1. The van der Waals surface area contributed by atoms with E-state index in [-0.39, 0.29) is 52.5 Å². The number of aromatic amines is 1. The molecule has 1 saturated heterocycles. The molecule has 1 aliphatic heterocycles. The van der Waals surface area contributed by atoms with Gasteiger partial charge in [0.05, 0.1) is 31.6 Å². The highest BCUT2D eigenvalue weighted by Gasteiger charge is 2.24. The van der Waals surface area contributed by atoms with E-state index in [2.05, 4.69) is 19.9 Å². The maximum atomic E-state index is 12.9. The molecule has 0 spiro atoms. The number of hydrogen-bond donors (Lipinski definition) is 2. The number of nitrogens with two attached hydrogens (primary N) is 1. The maximum Gasteiger partial charge on any atom is 0.328 e. The first-order chi connectivity index (χ1) is 22.7. The Kier molecular flexibility index (Phi) is 10.9. The molecule has 0 radical (unpaired) electrons. The Morgan fingerprint density at radius 2 is 1.91 bits per heavy atom. The van der Waals surface area contributed by atoms with E-state index in [4.69, 9.17) is 19.9 Å². The topological polar surface area (TPSA) is 184 Å². The minimum atomic E-state index is -0.455. The number of hydrogen-bond acceptors (Lipinski definition) is 12. The van der Waals surface area contributed by atoms with Gasteiger partial charge in [-0.25, -0.2) is 4.79 Å². The number of H-pyrrole nitrogens is 1. The van der Waals surface area contributed by atoms with Gasteiger partial charge >= 0.3 is 17.7 Å². The lowest BCUT2D eigenvalue weighted by molar-refractivity contribution is -0.384. The average molecular weight is 649 g/mol. The number of benzene rings is 2. The Morgan fingerprint density at radius 3 is 2.70 bits per heavy atom. The molecule has 0 aliphatic carbocycles. The van der Waals surface area contributed by atoms with Gasteiger partial charge in [-0.05, 0) is 42.2 Å². The monoisotopic (exact) mass is 648 g/mol. The molecule has 5 rings (SSSR count). The van der Waals surface area contributed by atoms with Crippen LogP contribution in [0, 0.1) is 10.1 Å². The summed E-state index contributed by atoms with van der Waals surface area (Å²) < 4.78 is 17.7. The third kappa shape index (κ3) is 8.35. The van der Waals surface area contributed by atoms with Crippen LogP contribution in [0.3, 0.4) is 0 Å². The van der Waals surface area contributed by atoms with Crippen LogP contribution in [0.5, 0.6) is 11.8 Å². The first-order valence-electron chi connectivity index (χ1n) is 15.7. The first kappa shape index (κ1) is 33.2. The Balaban J connectivity index is 1.24. The van der Waals surface area contributed by atoms with Crippen LogP contribution >= 0.6 is 0 Å². The van der Waals surface area contributed by atoms with Crippen LogP contribution in [-0.4, -0.2) is 88.4 Å². The van der Waals surface area contributed by atoms with Crippen LogP contribution < -0.4 is 25.8 Å². The summed E-state index contributed by atoms with van der Waals surface area (Å²) in [6, 6.07) is 12.5. The second kappa shape index (κ2) is 15.4. The number of unbranched alkanes of at least 4 members (excludes halogenated alkanes) is 1. The van der Waals surface area contributed by atoms with Crippen LogP contribution in [-0.2, 0) is 22.5 Å². The predicted molar refractivity (Wildman–Crippen MR) is 176 cm³/mol. The third-order valence-corrected chi connectivity index (χ3v) is 8.02. The lowest BCUT2D eigenvalue weighted by Gasteiger charge is -2.24. The van der Waals surface area contributed by atoms with Crippen LogP contribution in [0.4, 0.5) is 17.2 Å². The van der Waals surface area contributed by atoms with Gasteiger partial charge in [-0.3, -0.25) is 24.4 Å². The van der Waals surface area contributed by atoms with Gasteiger partial charge in [-0.2, -0.15) is 9.97 Å². The summed E-state index contributed by atoms with van der Waals surface area (Å²) in [5.74, 6) is 0.467. The van der Waals surface area contributed by atoms with Crippen molar-refractivity contribution in [3.05, 3.63) is 74.2 Å². The summed E-state index contributed by atoms with van der Waals surface area (Å²) in [5, 5.41) is 12.2. The molecule has 1 aliphatic rings. The lowest BCUT2D eigenvalue weighted by Crippen LogP contribution is -2.33. The molecule has 0 atom stereocenters. The fourth-order valence-corrected chi connectivity index (χ4v) is 5.53. The largest absolute Gasteiger partial charge is 0.492 e. The van der Waals surface area contributed by atoms with Crippen LogP contribution in [0.1, 0.15) is 37.3 Å². The molecule has 0 bridgehead atoms. The number of aromatic nitrogens is 4. The molecule has 4 aromatic rings. The number of nitro benzene ring substituents is 1. The number of imidazole rings is 1. The molecule has 47 heavy (non-hydrogen) atoms. The van der Waals surface area contributed by atoms with Gasteiger partial charge in [0.25, 0.3) is 5.69 Å². The molecule has 3 heterocycles. The first-order valence-corrected chi connectivity index (χ1v) is 15.7. The number of carbonyl (C=O) groups excluding carboxylic acids is 1. The molecule has 0 saturated carbocycles. The standard InChI is InChI=1S/C32H40N8O7/c1-3-4-16-47-31-35-29(33)28-30(36-31)39(32(42)34-28)21-23-9-10-25(26(19-23)40(43)44)38-12-6-11-37(13-14-38)15-17-46-24-8-5-7-22(18-24)20-27(41)45-2/h5,7-10,18-19H,3-4,6,11-17,20-21H2,1-2H3,(H,34,42)(H2,33,35,36). The van der Waals surface area contributed by atoms with E-state index < -0.39 is 5.69 Å². The van der Waals surface area contributed by atoms with E-state index in [1.165, 1.54) is 17.7 Å². The summed E-state index contributed by atoms with van der Waals surface area (Å²) in [4.78, 5) is 51.8. The van der Waals surface area contributed by atoms with Crippen LogP contribution in [0.15, 0.2) is 47.3 Å². The number of nitro groups is 1. The Hall–Kier alpha value is -5.18. The second-order valence-electron chi connectivity index (χ2n) is 11.3. The van der Waals surface area contributed by atoms with Gasteiger partial charge in [0.15, 0.2) is 11.5 Å². The molecule has 15 nitrogen and oxygen atoms in total. The minimum Gasteiger partial charge on any atom is -0.492 e. The number of nitrogen functional groups attached to an aromatic ring is 1. The number of anilines is 2. The summed E-state index contributed by atoms with van der Waals surface area (Å²) in [6.07, 6.45) is 2.76. The van der Waals surface area contributed by atoms with Crippen molar-refractivity contribution in [3.63, 3.8) is 0 Å². The number of nitrogens with zero attached hydrogens (tertiary/aromatic N) is 6. The highest BCUT2D eigenvalue weighted by Crippen LogP contribution is 2.31. The molecule has 1 fully saturated rings. The van der Waals surface area contributed by atoms with E-state index in [1.54, 1.807) is 12.1 Å². The summed E-state index contributed by atoms with van der Waals surface area (Å²) in [7, 11) is 1.36. The number of ether oxygens (including phenoxy) is 3. The van der Waals surface area contributed by atoms with Gasteiger partial charge in [0.2, 0.25) is 0 Å². The zero-order valence-electron chi connectivity index (χ0n) is 26.6. The smallest absolute Gasteiger partial charge is 0.328 e.